The van der Waals surface area contributed by atoms with Crippen LogP contribution in [0.5, 0.6) is 0 Å². The van der Waals surface area contributed by atoms with Crippen LogP contribution in [0.3, 0.4) is 0 Å². The van der Waals surface area contributed by atoms with Crippen LogP contribution in [0.15, 0.2) is 79.1 Å². The van der Waals surface area contributed by atoms with Crippen molar-refractivity contribution in [2.75, 3.05) is 12.0 Å². The quantitative estimate of drug-likeness (QED) is 0.237. The Morgan fingerprint density at radius 2 is 1.84 bits per heavy atom. The van der Waals surface area contributed by atoms with E-state index in [9.17, 15) is 12.8 Å². The van der Waals surface area contributed by atoms with Crippen molar-refractivity contribution in [1.82, 2.24) is 19.7 Å². The van der Waals surface area contributed by atoms with Crippen molar-refractivity contribution in [1.29, 1.82) is 5.41 Å². The highest BCUT2D eigenvalue weighted by Gasteiger charge is 2.17. The first-order valence-corrected chi connectivity index (χ1v) is 13.2. The van der Waals surface area contributed by atoms with Gasteiger partial charge in [0.25, 0.3) is 0 Å². The average Bonchev–Trinajstić information content (AvgIpc) is 3.32. The van der Waals surface area contributed by atoms with E-state index >= 15 is 0 Å². The molecule has 8 nitrogen and oxygen atoms in total. The Labute approximate surface area is 213 Å². The number of nitrogen functional groups attached to an aromatic ring is 1. The molecule has 10 heteroatoms. The number of hydrogen-bond acceptors (Lipinski definition) is 6. The van der Waals surface area contributed by atoms with E-state index in [-0.39, 0.29) is 12.3 Å². The zero-order valence-electron chi connectivity index (χ0n) is 19.8. The van der Waals surface area contributed by atoms with Gasteiger partial charge in [-0.3, -0.25) is 10.4 Å². The molecule has 37 heavy (non-hydrogen) atoms. The molecule has 0 aliphatic carbocycles. The number of fused-ring (bicyclic) bond motifs is 1. The minimum absolute atomic E-state index is 0.0264. The first kappa shape index (κ1) is 24.3. The van der Waals surface area contributed by atoms with Crippen LogP contribution in [0, 0.1) is 11.2 Å². The number of aromatic nitrogens is 3. The highest BCUT2D eigenvalue weighted by Crippen LogP contribution is 2.32. The largest absolute Gasteiger partial charge is 0.397 e. The van der Waals surface area contributed by atoms with Crippen LogP contribution in [0.4, 0.5) is 10.1 Å². The van der Waals surface area contributed by atoms with Crippen molar-refractivity contribution in [3.8, 4) is 22.4 Å². The van der Waals surface area contributed by atoms with E-state index in [0.717, 1.165) is 28.3 Å². The van der Waals surface area contributed by atoms with Gasteiger partial charge >= 0.3 is 0 Å². The van der Waals surface area contributed by atoms with Crippen molar-refractivity contribution in [3.63, 3.8) is 0 Å². The van der Waals surface area contributed by atoms with Gasteiger partial charge in [-0.05, 0) is 71.3 Å². The Morgan fingerprint density at radius 3 is 2.59 bits per heavy atom. The number of nitrogens with one attached hydrogen (secondary N) is 3. The Bertz CT molecular complexity index is 1750. The molecular formula is C27H23FN6O2S. The van der Waals surface area contributed by atoms with E-state index in [1.807, 2.05) is 36.4 Å². The summed E-state index contributed by atoms with van der Waals surface area (Å²) in [5, 5.41) is 9.63. The molecule has 0 amide bonds. The van der Waals surface area contributed by atoms with Gasteiger partial charge in [0.1, 0.15) is 17.2 Å². The third-order valence-corrected chi connectivity index (χ3v) is 6.55. The first-order valence-electron chi connectivity index (χ1n) is 11.3. The number of H-pyrrole nitrogens is 1. The van der Waals surface area contributed by atoms with Crippen molar-refractivity contribution in [3.05, 3.63) is 102 Å². The lowest BCUT2D eigenvalue weighted by Gasteiger charge is -2.09. The van der Waals surface area contributed by atoms with Crippen LogP contribution in [0.25, 0.3) is 33.3 Å². The summed E-state index contributed by atoms with van der Waals surface area (Å²) < 4.78 is 39.8. The summed E-state index contributed by atoms with van der Waals surface area (Å²) in [6.07, 6.45) is 4.40. The molecule has 0 saturated carbocycles. The number of sulfonamides is 1. The predicted octanol–water partition coefficient (Wildman–Crippen LogP) is 4.48. The number of hydrogen-bond donors (Lipinski definition) is 4. The summed E-state index contributed by atoms with van der Waals surface area (Å²) in [6, 6.07) is 19.0. The van der Waals surface area contributed by atoms with E-state index in [0.29, 0.717) is 33.9 Å². The smallest absolute Gasteiger partial charge is 0.209 e. The van der Waals surface area contributed by atoms with Crippen LogP contribution in [-0.2, 0) is 16.6 Å². The summed E-state index contributed by atoms with van der Waals surface area (Å²) in [7, 11) is -3.42. The van der Waals surface area contributed by atoms with Gasteiger partial charge in [0.15, 0.2) is 0 Å². The predicted molar refractivity (Wildman–Crippen MR) is 143 cm³/mol. The van der Waals surface area contributed by atoms with Gasteiger partial charge in [0.2, 0.25) is 10.0 Å². The topological polar surface area (TPSA) is 138 Å². The van der Waals surface area contributed by atoms with Gasteiger partial charge in [-0.25, -0.2) is 22.5 Å². The van der Waals surface area contributed by atoms with E-state index in [4.69, 9.17) is 11.1 Å². The zero-order valence-corrected chi connectivity index (χ0v) is 20.6. The maximum absolute atomic E-state index is 14.5. The van der Waals surface area contributed by atoms with Crippen LogP contribution >= 0.6 is 0 Å². The van der Waals surface area contributed by atoms with Crippen LogP contribution in [0.1, 0.15) is 17.0 Å². The van der Waals surface area contributed by atoms with Crippen LogP contribution in [-0.4, -0.2) is 35.3 Å². The summed E-state index contributed by atoms with van der Waals surface area (Å²) >= 11 is 0. The molecule has 0 saturated heterocycles. The molecule has 3 heterocycles. The Balaban J connectivity index is 1.54. The average molecular weight is 515 g/mol. The highest BCUT2D eigenvalue weighted by atomic mass is 32.2. The number of benzene rings is 2. The van der Waals surface area contributed by atoms with Gasteiger partial charge < -0.3 is 10.7 Å². The van der Waals surface area contributed by atoms with Gasteiger partial charge in [-0.15, -0.1) is 0 Å². The third kappa shape index (κ3) is 5.25. The summed E-state index contributed by atoms with van der Waals surface area (Å²) in [5.74, 6) is -0.479. The molecule has 0 aliphatic heterocycles. The molecule has 0 spiro atoms. The van der Waals surface area contributed by atoms with Crippen LogP contribution in [0.2, 0.25) is 0 Å². The molecule has 5 N–H and O–H groups in total. The van der Waals surface area contributed by atoms with E-state index in [1.165, 1.54) is 12.1 Å². The monoisotopic (exact) mass is 514 g/mol. The minimum Gasteiger partial charge on any atom is -0.397 e. The van der Waals surface area contributed by atoms with Crippen molar-refractivity contribution in [2.24, 2.45) is 0 Å². The number of rotatable bonds is 7. The van der Waals surface area contributed by atoms with Gasteiger partial charge in [-0.1, -0.05) is 12.1 Å². The molecule has 5 rings (SSSR count). The first-order chi connectivity index (χ1) is 17.7. The van der Waals surface area contributed by atoms with Gasteiger partial charge in [0, 0.05) is 35.4 Å². The molecule has 0 bridgehead atoms. The van der Waals surface area contributed by atoms with Crippen LogP contribution < -0.4 is 10.5 Å². The molecular weight excluding hydrogens is 491 g/mol. The molecule has 0 aliphatic rings. The molecule has 2 aromatic carbocycles. The zero-order chi connectivity index (χ0) is 26.2. The Morgan fingerprint density at radius 1 is 1.05 bits per heavy atom. The standard InChI is InChI=1S/C27H23FN6O2S/c1-37(35,36)32-15-16-11-18(13-19(28)12-16)20-3-2-4-24-21(20)14-25(33-24)26(30)27-22(29)5-6-23(34-27)17-7-9-31-10-8-17/h2-14,30,32-33H,15,29H2,1H3. The second kappa shape index (κ2) is 9.57. The molecule has 0 radical (unpaired) electrons. The summed E-state index contributed by atoms with van der Waals surface area (Å²) in [4.78, 5) is 11.9. The molecule has 0 fully saturated rings. The Hall–Kier alpha value is -4.41. The SMILES string of the molecule is CS(=O)(=O)NCc1cc(F)cc(-c2cccc3[nH]c(C(=N)c4nc(-c5ccncc5)ccc4N)cc23)c1. The fourth-order valence-corrected chi connectivity index (χ4v) is 4.57. The van der Waals surface area contributed by atoms with Gasteiger partial charge in [-0.2, -0.15) is 0 Å². The fraction of sp³-hybridized carbons (Fsp3) is 0.0741. The summed E-state index contributed by atoms with van der Waals surface area (Å²) in [5.41, 5.74) is 11.6. The minimum atomic E-state index is -3.42. The molecule has 0 unspecified atom stereocenters. The highest BCUT2D eigenvalue weighted by molar-refractivity contribution is 7.88. The number of aromatic amines is 1. The van der Waals surface area contributed by atoms with Gasteiger partial charge in [0.05, 0.1) is 23.3 Å². The fourth-order valence-electron chi connectivity index (χ4n) is 4.15. The van der Waals surface area contributed by atoms with Crippen molar-refractivity contribution >= 4 is 32.3 Å². The summed E-state index contributed by atoms with van der Waals surface area (Å²) in [6.45, 7) is -0.0264. The van der Waals surface area contributed by atoms with E-state index in [2.05, 4.69) is 19.7 Å². The molecule has 3 aromatic heterocycles. The Kier molecular flexibility index (Phi) is 6.28. The maximum Gasteiger partial charge on any atom is 0.209 e. The second-order valence-corrected chi connectivity index (χ2v) is 10.5. The number of anilines is 1. The van der Waals surface area contributed by atoms with Crippen molar-refractivity contribution < 1.29 is 12.8 Å². The lowest BCUT2D eigenvalue weighted by Crippen LogP contribution is -2.21. The third-order valence-electron chi connectivity index (χ3n) is 5.88. The van der Waals surface area contributed by atoms with Crippen molar-refractivity contribution in [2.45, 2.75) is 6.54 Å². The number of pyridine rings is 2. The molecule has 186 valence electrons. The molecule has 5 aromatic rings. The van der Waals surface area contributed by atoms with E-state index < -0.39 is 15.8 Å². The maximum atomic E-state index is 14.5. The lowest BCUT2D eigenvalue weighted by molar-refractivity contribution is 0.586. The number of nitrogens with two attached hydrogens (primary N) is 1. The molecule has 0 atom stereocenters. The van der Waals surface area contributed by atoms with E-state index in [1.54, 1.807) is 30.6 Å². The number of nitrogens with zero attached hydrogens (tertiary/aromatic N) is 2. The normalized spacial score (nSPS) is 11.6. The lowest BCUT2D eigenvalue weighted by atomic mass is 9.99. The number of halogens is 1. The second-order valence-electron chi connectivity index (χ2n) is 8.64.